The highest BCUT2D eigenvalue weighted by molar-refractivity contribution is 4.91. The van der Waals surface area contributed by atoms with Gasteiger partial charge in [0.25, 0.3) is 0 Å². The molecule has 0 aliphatic carbocycles. The Kier molecular flexibility index (Phi) is 5.71. The summed E-state index contributed by atoms with van der Waals surface area (Å²) < 4.78 is 10.6. The topological polar surface area (TPSA) is 33.7 Å². The second kappa shape index (κ2) is 7.31. The van der Waals surface area contributed by atoms with Crippen LogP contribution in [0.1, 0.15) is 19.3 Å². The van der Waals surface area contributed by atoms with Gasteiger partial charge >= 0.3 is 0 Å². The minimum absolute atomic E-state index is 0.747. The molecule has 2 aliphatic rings. The predicted octanol–water partition coefficient (Wildman–Crippen LogP) is 0.723. The number of fused-ring (bicyclic) bond motifs is 1. The second-order valence-electron chi connectivity index (χ2n) is 5.18. The van der Waals surface area contributed by atoms with Crippen LogP contribution in [0.25, 0.3) is 0 Å². The number of hydrogen-bond donors (Lipinski definition) is 1. The van der Waals surface area contributed by atoms with E-state index in [-0.39, 0.29) is 0 Å². The lowest BCUT2D eigenvalue weighted by atomic mass is 9.94. The zero-order chi connectivity index (χ0) is 11.9. The molecule has 17 heavy (non-hydrogen) atoms. The zero-order valence-electron chi connectivity index (χ0n) is 11.0. The van der Waals surface area contributed by atoms with Gasteiger partial charge in [0.15, 0.2) is 0 Å². The molecular weight excluding hydrogens is 216 g/mol. The highest BCUT2D eigenvalue weighted by atomic mass is 16.5. The summed E-state index contributed by atoms with van der Waals surface area (Å²) >= 11 is 0. The molecule has 0 radical (unpaired) electrons. The second-order valence-corrected chi connectivity index (χ2v) is 5.18. The van der Waals surface area contributed by atoms with Crippen LogP contribution in [0.15, 0.2) is 0 Å². The summed E-state index contributed by atoms with van der Waals surface area (Å²) in [7, 11) is 1.74. The molecule has 0 amide bonds. The van der Waals surface area contributed by atoms with E-state index in [9.17, 15) is 0 Å². The monoisotopic (exact) mass is 242 g/mol. The summed E-state index contributed by atoms with van der Waals surface area (Å²) in [6.45, 7) is 7.27. The Balaban J connectivity index is 1.52. The van der Waals surface area contributed by atoms with Crippen molar-refractivity contribution in [3.63, 3.8) is 0 Å². The van der Waals surface area contributed by atoms with Gasteiger partial charge in [0, 0.05) is 46.0 Å². The maximum atomic E-state index is 5.61. The van der Waals surface area contributed by atoms with Gasteiger partial charge in [-0.15, -0.1) is 0 Å². The average molecular weight is 242 g/mol. The van der Waals surface area contributed by atoms with Gasteiger partial charge in [0.2, 0.25) is 0 Å². The fraction of sp³-hybridized carbons (Fsp3) is 1.00. The molecule has 0 saturated carbocycles. The van der Waals surface area contributed by atoms with Crippen LogP contribution in [0, 0.1) is 5.92 Å². The van der Waals surface area contributed by atoms with E-state index in [1.165, 1.54) is 32.5 Å². The lowest BCUT2D eigenvalue weighted by molar-refractivity contribution is 0.0876. The summed E-state index contributed by atoms with van der Waals surface area (Å²) in [5.41, 5.74) is 0. The third-order valence-electron chi connectivity index (χ3n) is 3.86. The Labute approximate surface area is 105 Å². The van der Waals surface area contributed by atoms with Gasteiger partial charge in [-0.05, 0) is 31.7 Å². The molecule has 2 aliphatic heterocycles. The number of hydrogen-bond acceptors (Lipinski definition) is 4. The Morgan fingerprint density at radius 2 is 2.18 bits per heavy atom. The molecule has 2 unspecified atom stereocenters. The Morgan fingerprint density at radius 3 is 3.00 bits per heavy atom. The van der Waals surface area contributed by atoms with Crippen molar-refractivity contribution in [2.45, 2.75) is 25.3 Å². The molecule has 1 N–H and O–H groups in total. The van der Waals surface area contributed by atoms with E-state index in [2.05, 4.69) is 10.2 Å². The van der Waals surface area contributed by atoms with Crippen molar-refractivity contribution in [1.82, 2.24) is 10.2 Å². The van der Waals surface area contributed by atoms with Gasteiger partial charge in [-0.1, -0.05) is 0 Å². The van der Waals surface area contributed by atoms with Gasteiger partial charge < -0.3 is 14.8 Å². The first-order valence-electron chi connectivity index (χ1n) is 6.92. The van der Waals surface area contributed by atoms with Gasteiger partial charge in [-0.3, -0.25) is 4.90 Å². The van der Waals surface area contributed by atoms with Crippen molar-refractivity contribution in [2.24, 2.45) is 5.92 Å². The maximum Gasteiger partial charge on any atom is 0.0593 e. The van der Waals surface area contributed by atoms with Crippen molar-refractivity contribution in [2.75, 3.05) is 53.1 Å². The fourth-order valence-electron chi connectivity index (χ4n) is 2.92. The maximum absolute atomic E-state index is 5.61. The van der Waals surface area contributed by atoms with Crippen LogP contribution < -0.4 is 5.32 Å². The van der Waals surface area contributed by atoms with Crippen LogP contribution in [-0.2, 0) is 9.47 Å². The van der Waals surface area contributed by atoms with Gasteiger partial charge in [0.05, 0.1) is 6.61 Å². The van der Waals surface area contributed by atoms with Crippen molar-refractivity contribution in [1.29, 1.82) is 0 Å². The van der Waals surface area contributed by atoms with E-state index in [0.29, 0.717) is 0 Å². The predicted molar refractivity (Wildman–Crippen MR) is 68.3 cm³/mol. The van der Waals surface area contributed by atoms with Crippen LogP contribution in [-0.4, -0.2) is 64.1 Å². The van der Waals surface area contributed by atoms with Crippen LogP contribution in [0.4, 0.5) is 0 Å². The molecule has 0 bridgehead atoms. The molecule has 0 aromatic rings. The molecule has 2 fully saturated rings. The zero-order valence-corrected chi connectivity index (χ0v) is 11.0. The molecule has 2 rings (SSSR count). The van der Waals surface area contributed by atoms with Crippen molar-refractivity contribution in [3.05, 3.63) is 0 Å². The van der Waals surface area contributed by atoms with E-state index in [0.717, 1.165) is 44.7 Å². The first kappa shape index (κ1) is 13.3. The highest BCUT2D eigenvalue weighted by Gasteiger charge is 2.33. The summed E-state index contributed by atoms with van der Waals surface area (Å²) in [5, 5.41) is 3.63. The number of nitrogens with one attached hydrogen (secondary N) is 1. The number of likely N-dealkylation sites (tertiary alicyclic amines) is 1. The molecule has 0 spiro atoms. The van der Waals surface area contributed by atoms with E-state index in [1.54, 1.807) is 7.11 Å². The van der Waals surface area contributed by atoms with Crippen molar-refractivity contribution in [3.8, 4) is 0 Å². The molecule has 0 aromatic carbocycles. The average Bonchev–Trinajstić information content (AvgIpc) is 2.76. The molecule has 2 saturated heterocycles. The molecule has 4 nitrogen and oxygen atoms in total. The third kappa shape index (κ3) is 4.21. The van der Waals surface area contributed by atoms with Crippen LogP contribution in [0.2, 0.25) is 0 Å². The Hall–Kier alpha value is -0.160. The Bertz CT molecular complexity index is 200. The normalized spacial score (nSPS) is 29.5. The number of piperidine rings is 1. The molecule has 4 heteroatoms. The summed E-state index contributed by atoms with van der Waals surface area (Å²) in [6.07, 6.45) is 3.76. The van der Waals surface area contributed by atoms with Crippen LogP contribution in [0.5, 0.6) is 0 Å². The molecule has 100 valence electrons. The summed E-state index contributed by atoms with van der Waals surface area (Å²) in [4.78, 5) is 2.55. The first-order chi connectivity index (χ1) is 8.40. The lowest BCUT2D eigenvalue weighted by Crippen LogP contribution is -2.40. The first-order valence-corrected chi connectivity index (χ1v) is 6.92. The molecule has 2 atom stereocenters. The Morgan fingerprint density at radius 1 is 1.24 bits per heavy atom. The van der Waals surface area contributed by atoms with E-state index in [1.807, 2.05) is 0 Å². The smallest absolute Gasteiger partial charge is 0.0593 e. The summed E-state index contributed by atoms with van der Waals surface area (Å²) in [6, 6.07) is 0.747. The van der Waals surface area contributed by atoms with Crippen LogP contribution in [0.3, 0.4) is 0 Å². The molecular formula is C13H26N2O2. The van der Waals surface area contributed by atoms with E-state index < -0.39 is 0 Å². The van der Waals surface area contributed by atoms with E-state index in [4.69, 9.17) is 9.47 Å². The fourth-order valence-corrected chi connectivity index (χ4v) is 2.92. The summed E-state index contributed by atoms with van der Waals surface area (Å²) in [5.74, 6) is 0.886. The SMILES string of the molecule is COCCCOCCN1CC2CCCNC2C1. The standard InChI is InChI=1S/C13H26N2O2/c1-16-7-3-8-17-9-6-15-10-12-4-2-5-14-13(12)11-15/h12-14H,2-11H2,1H3. The number of ether oxygens (including phenoxy) is 2. The quantitative estimate of drug-likeness (QED) is 0.667. The highest BCUT2D eigenvalue weighted by Crippen LogP contribution is 2.24. The molecule has 2 heterocycles. The molecule has 0 aromatic heterocycles. The minimum atomic E-state index is 0.747. The van der Waals surface area contributed by atoms with Crippen molar-refractivity contribution >= 4 is 0 Å². The van der Waals surface area contributed by atoms with Crippen molar-refractivity contribution < 1.29 is 9.47 Å². The number of nitrogens with zero attached hydrogens (tertiary/aromatic N) is 1. The third-order valence-corrected chi connectivity index (χ3v) is 3.86. The largest absolute Gasteiger partial charge is 0.385 e. The lowest BCUT2D eigenvalue weighted by Gasteiger charge is -2.24. The van der Waals surface area contributed by atoms with Gasteiger partial charge in [-0.25, -0.2) is 0 Å². The van der Waals surface area contributed by atoms with Gasteiger partial charge in [0.1, 0.15) is 0 Å². The number of rotatable bonds is 7. The minimum Gasteiger partial charge on any atom is -0.385 e. The van der Waals surface area contributed by atoms with Gasteiger partial charge in [-0.2, -0.15) is 0 Å². The van der Waals surface area contributed by atoms with E-state index >= 15 is 0 Å². The van der Waals surface area contributed by atoms with Crippen LogP contribution >= 0.6 is 0 Å². The number of methoxy groups -OCH3 is 1.